The fourth-order valence-corrected chi connectivity index (χ4v) is 1.84. The molecule has 0 aliphatic heterocycles. The minimum atomic E-state index is -0.0364. The quantitative estimate of drug-likeness (QED) is 0.866. The second-order valence-electron chi connectivity index (χ2n) is 3.71. The Bertz CT molecular complexity index is 338. The zero-order valence-electron chi connectivity index (χ0n) is 9.08. The summed E-state index contributed by atoms with van der Waals surface area (Å²) in [4.78, 5) is 16.7. The fraction of sp³-hybridized carbons (Fsp3) is 0.600. The van der Waals surface area contributed by atoms with Gasteiger partial charge in [0, 0.05) is 11.4 Å². The topological polar surface area (TPSA) is 42.0 Å². The number of hydrogen-bond acceptors (Lipinski definition) is 3. The molecular formula is C10H15BrN2OS. The van der Waals surface area contributed by atoms with Gasteiger partial charge in [0.05, 0.1) is 11.2 Å². The van der Waals surface area contributed by atoms with Gasteiger partial charge in [0.2, 0.25) is 0 Å². The highest BCUT2D eigenvalue weighted by molar-refractivity contribution is 9.09. The maximum atomic E-state index is 11.6. The molecule has 3 nitrogen and oxygen atoms in total. The van der Waals surface area contributed by atoms with Gasteiger partial charge in [0.1, 0.15) is 4.88 Å². The minimum absolute atomic E-state index is 0.0364. The lowest BCUT2D eigenvalue weighted by Gasteiger charge is -2.13. The molecule has 0 aromatic carbocycles. The average Bonchev–Trinajstić information content (AvgIpc) is 2.60. The molecule has 1 N–H and O–H groups in total. The SMILES string of the molecule is Cc1ncc(C(=O)NCC(Br)C(C)C)s1. The van der Waals surface area contributed by atoms with Gasteiger partial charge in [0.25, 0.3) is 5.91 Å². The van der Waals surface area contributed by atoms with Gasteiger partial charge in [-0.25, -0.2) is 4.98 Å². The molecule has 0 radical (unpaired) electrons. The van der Waals surface area contributed by atoms with E-state index >= 15 is 0 Å². The minimum Gasteiger partial charge on any atom is -0.350 e. The zero-order valence-corrected chi connectivity index (χ0v) is 11.5. The van der Waals surface area contributed by atoms with Crippen molar-refractivity contribution in [2.45, 2.75) is 25.6 Å². The molecule has 1 heterocycles. The predicted molar refractivity (Wildman–Crippen MR) is 66.7 cm³/mol. The Morgan fingerprint density at radius 1 is 1.67 bits per heavy atom. The standard InChI is InChI=1S/C10H15BrN2OS/c1-6(2)8(11)4-13-10(14)9-5-12-7(3)15-9/h5-6,8H,4H2,1-3H3,(H,13,14). The molecule has 0 spiro atoms. The normalized spacial score (nSPS) is 12.9. The van der Waals surface area contributed by atoms with Crippen LogP contribution < -0.4 is 5.32 Å². The molecule has 5 heteroatoms. The maximum Gasteiger partial charge on any atom is 0.263 e. The van der Waals surface area contributed by atoms with E-state index in [-0.39, 0.29) is 5.91 Å². The van der Waals surface area contributed by atoms with E-state index in [1.54, 1.807) is 6.20 Å². The van der Waals surface area contributed by atoms with Crippen molar-refractivity contribution >= 4 is 33.2 Å². The first-order chi connectivity index (χ1) is 7.00. The smallest absolute Gasteiger partial charge is 0.263 e. The summed E-state index contributed by atoms with van der Waals surface area (Å²) in [6.45, 7) is 6.77. The molecular weight excluding hydrogens is 276 g/mol. The number of hydrogen-bond donors (Lipinski definition) is 1. The van der Waals surface area contributed by atoms with E-state index in [0.29, 0.717) is 22.2 Å². The number of thiazole rings is 1. The van der Waals surface area contributed by atoms with Crippen LogP contribution in [-0.4, -0.2) is 22.3 Å². The second kappa shape index (κ2) is 5.61. The van der Waals surface area contributed by atoms with Crippen molar-refractivity contribution in [3.63, 3.8) is 0 Å². The van der Waals surface area contributed by atoms with E-state index in [1.165, 1.54) is 11.3 Å². The van der Waals surface area contributed by atoms with Gasteiger partial charge in [-0.2, -0.15) is 0 Å². The summed E-state index contributed by atoms with van der Waals surface area (Å²) in [5, 5.41) is 3.79. The third-order valence-corrected chi connectivity index (χ3v) is 4.32. The van der Waals surface area contributed by atoms with Crippen LogP contribution in [0.15, 0.2) is 6.20 Å². The maximum absolute atomic E-state index is 11.6. The summed E-state index contributed by atoms with van der Waals surface area (Å²) in [6, 6.07) is 0. The van der Waals surface area contributed by atoms with E-state index < -0.39 is 0 Å². The summed E-state index contributed by atoms with van der Waals surface area (Å²) in [6.07, 6.45) is 1.62. The first-order valence-corrected chi connectivity index (χ1v) is 6.58. The van der Waals surface area contributed by atoms with Crippen LogP contribution in [0, 0.1) is 12.8 Å². The number of nitrogens with zero attached hydrogens (tertiary/aromatic N) is 1. The van der Waals surface area contributed by atoms with Gasteiger partial charge < -0.3 is 5.32 Å². The van der Waals surface area contributed by atoms with Crippen LogP contribution in [-0.2, 0) is 0 Å². The molecule has 1 rings (SSSR count). The molecule has 1 amide bonds. The molecule has 0 fully saturated rings. The number of halogens is 1. The van der Waals surface area contributed by atoms with Crippen molar-refractivity contribution in [2.75, 3.05) is 6.54 Å². The first-order valence-electron chi connectivity index (χ1n) is 4.85. The molecule has 1 atom stereocenters. The van der Waals surface area contributed by atoms with Crippen LogP contribution in [0.1, 0.15) is 28.5 Å². The number of rotatable bonds is 4. The summed E-state index contributed by atoms with van der Waals surface area (Å²) < 4.78 is 0. The Morgan fingerprint density at radius 3 is 2.80 bits per heavy atom. The Kier molecular flexibility index (Phi) is 4.73. The van der Waals surface area contributed by atoms with E-state index in [2.05, 4.69) is 40.1 Å². The lowest BCUT2D eigenvalue weighted by molar-refractivity contribution is 0.0956. The number of nitrogens with one attached hydrogen (secondary N) is 1. The monoisotopic (exact) mass is 290 g/mol. The van der Waals surface area contributed by atoms with Crippen molar-refractivity contribution in [1.82, 2.24) is 10.3 Å². The first kappa shape index (κ1) is 12.6. The van der Waals surface area contributed by atoms with Crippen molar-refractivity contribution in [2.24, 2.45) is 5.92 Å². The number of aryl methyl sites for hydroxylation is 1. The predicted octanol–water partition coefficient (Wildman–Crippen LogP) is 2.60. The Morgan fingerprint density at radius 2 is 2.33 bits per heavy atom. The third-order valence-electron chi connectivity index (χ3n) is 2.03. The molecule has 84 valence electrons. The number of aromatic nitrogens is 1. The average molecular weight is 291 g/mol. The van der Waals surface area contributed by atoms with Crippen molar-refractivity contribution < 1.29 is 4.79 Å². The van der Waals surface area contributed by atoms with Crippen LogP contribution in [0.5, 0.6) is 0 Å². The molecule has 0 saturated carbocycles. The second-order valence-corrected chi connectivity index (χ2v) is 6.12. The van der Waals surface area contributed by atoms with Gasteiger partial charge in [-0.1, -0.05) is 29.8 Å². The summed E-state index contributed by atoms with van der Waals surface area (Å²) in [7, 11) is 0. The number of carbonyl (C=O) groups excluding carboxylic acids is 1. The molecule has 1 aromatic rings. The van der Waals surface area contributed by atoms with Gasteiger partial charge in [-0.3, -0.25) is 4.79 Å². The number of carbonyl (C=O) groups is 1. The molecule has 0 aliphatic rings. The lowest BCUT2D eigenvalue weighted by Crippen LogP contribution is -2.31. The Hall–Kier alpha value is -0.420. The Labute approximate surface area is 102 Å². The summed E-state index contributed by atoms with van der Waals surface area (Å²) >= 11 is 4.94. The largest absolute Gasteiger partial charge is 0.350 e. The molecule has 0 bridgehead atoms. The highest BCUT2D eigenvalue weighted by atomic mass is 79.9. The van der Waals surface area contributed by atoms with Crippen LogP contribution in [0.3, 0.4) is 0 Å². The van der Waals surface area contributed by atoms with E-state index in [9.17, 15) is 4.79 Å². The van der Waals surface area contributed by atoms with Crippen LogP contribution in [0.4, 0.5) is 0 Å². The summed E-state index contributed by atoms with van der Waals surface area (Å²) in [5.74, 6) is 0.471. The van der Waals surface area contributed by atoms with E-state index in [4.69, 9.17) is 0 Å². The third kappa shape index (κ3) is 3.91. The summed E-state index contributed by atoms with van der Waals surface area (Å²) in [5.41, 5.74) is 0. The van der Waals surface area contributed by atoms with Crippen LogP contribution in [0.2, 0.25) is 0 Å². The molecule has 0 saturated heterocycles. The van der Waals surface area contributed by atoms with Crippen molar-refractivity contribution in [3.05, 3.63) is 16.1 Å². The van der Waals surface area contributed by atoms with Crippen LogP contribution >= 0.6 is 27.3 Å². The van der Waals surface area contributed by atoms with Gasteiger partial charge in [-0.15, -0.1) is 11.3 Å². The lowest BCUT2D eigenvalue weighted by atomic mass is 10.1. The van der Waals surface area contributed by atoms with E-state index in [1.807, 2.05) is 6.92 Å². The number of alkyl halides is 1. The van der Waals surface area contributed by atoms with Crippen molar-refractivity contribution in [3.8, 4) is 0 Å². The Balaban J connectivity index is 2.43. The van der Waals surface area contributed by atoms with Gasteiger partial charge in [0.15, 0.2) is 0 Å². The molecule has 1 unspecified atom stereocenters. The van der Waals surface area contributed by atoms with Gasteiger partial charge >= 0.3 is 0 Å². The highest BCUT2D eigenvalue weighted by Gasteiger charge is 2.13. The number of amides is 1. The van der Waals surface area contributed by atoms with Crippen molar-refractivity contribution in [1.29, 1.82) is 0 Å². The fourth-order valence-electron chi connectivity index (χ4n) is 0.979. The van der Waals surface area contributed by atoms with Gasteiger partial charge in [-0.05, 0) is 12.8 Å². The molecule has 1 aromatic heterocycles. The zero-order chi connectivity index (χ0) is 11.4. The van der Waals surface area contributed by atoms with Crippen LogP contribution in [0.25, 0.3) is 0 Å². The van der Waals surface area contributed by atoms with E-state index in [0.717, 1.165) is 5.01 Å². The highest BCUT2D eigenvalue weighted by Crippen LogP contribution is 2.13. The molecule has 0 aliphatic carbocycles. The molecule has 15 heavy (non-hydrogen) atoms.